The molecule has 1 heterocycles. The molecule has 148 valence electrons. The van der Waals surface area contributed by atoms with E-state index in [1.807, 2.05) is 18.2 Å². The molecule has 0 saturated carbocycles. The topological polar surface area (TPSA) is 58.6 Å². The minimum Gasteiger partial charge on any atom is -0.466 e. The fourth-order valence-electron chi connectivity index (χ4n) is 3.49. The lowest BCUT2D eigenvalue weighted by atomic mass is 9.99. The number of carbonyl (C=O) groups is 2. The van der Waals surface area contributed by atoms with E-state index < -0.39 is 0 Å². The van der Waals surface area contributed by atoms with Gasteiger partial charge in [0.15, 0.2) is 0 Å². The number of esters is 1. The molecule has 0 aromatic heterocycles. The summed E-state index contributed by atoms with van der Waals surface area (Å²) in [5, 5.41) is 2.96. The van der Waals surface area contributed by atoms with Gasteiger partial charge < -0.3 is 15.0 Å². The van der Waals surface area contributed by atoms with Gasteiger partial charge >= 0.3 is 5.97 Å². The maximum absolute atomic E-state index is 13.1. The quantitative estimate of drug-likeness (QED) is 0.728. The average molecular weight is 384 g/mol. The van der Waals surface area contributed by atoms with Crippen molar-refractivity contribution < 1.29 is 18.7 Å². The minimum atomic E-state index is -0.368. The molecule has 1 N–H and O–H groups in total. The van der Waals surface area contributed by atoms with Gasteiger partial charge in [0, 0.05) is 36.4 Å². The molecular formula is C22H25FN2O3. The molecule has 1 aliphatic heterocycles. The van der Waals surface area contributed by atoms with Crippen molar-refractivity contribution in [2.45, 2.75) is 32.6 Å². The highest BCUT2D eigenvalue weighted by Crippen LogP contribution is 2.33. The van der Waals surface area contributed by atoms with Crippen molar-refractivity contribution in [2.24, 2.45) is 0 Å². The molecule has 28 heavy (non-hydrogen) atoms. The molecule has 0 atom stereocenters. The third-order valence-corrected chi connectivity index (χ3v) is 4.82. The second-order valence-electron chi connectivity index (χ2n) is 6.76. The van der Waals surface area contributed by atoms with Gasteiger partial charge in [-0.2, -0.15) is 0 Å². The summed E-state index contributed by atoms with van der Waals surface area (Å²) in [5.74, 6) is -0.792. The SMILES string of the molecule is CCOC(=O)CCCN1CCCc2c(NC(=O)c3ccc(F)cc3)cccc21. The van der Waals surface area contributed by atoms with Gasteiger partial charge in [0.05, 0.1) is 6.61 Å². The molecule has 3 rings (SSSR count). The maximum Gasteiger partial charge on any atom is 0.305 e. The zero-order valence-electron chi connectivity index (χ0n) is 16.0. The van der Waals surface area contributed by atoms with Crippen LogP contribution in [0.1, 0.15) is 42.1 Å². The van der Waals surface area contributed by atoms with Crippen LogP contribution >= 0.6 is 0 Å². The second kappa shape index (κ2) is 9.35. The number of ether oxygens (including phenoxy) is 1. The Balaban J connectivity index is 1.69. The minimum absolute atomic E-state index is 0.167. The van der Waals surface area contributed by atoms with Crippen LogP contribution in [0.5, 0.6) is 0 Å². The molecule has 0 unspecified atom stereocenters. The van der Waals surface area contributed by atoms with Crippen molar-refractivity contribution in [1.29, 1.82) is 0 Å². The molecule has 1 aliphatic rings. The molecule has 2 aromatic rings. The summed E-state index contributed by atoms with van der Waals surface area (Å²) >= 11 is 0. The van der Waals surface area contributed by atoms with Crippen molar-refractivity contribution in [1.82, 2.24) is 0 Å². The highest BCUT2D eigenvalue weighted by Gasteiger charge is 2.20. The Hall–Kier alpha value is -2.89. The molecule has 0 saturated heterocycles. The summed E-state index contributed by atoms with van der Waals surface area (Å²) in [6, 6.07) is 11.4. The lowest BCUT2D eigenvalue weighted by Crippen LogP contribution is -2.31. The van der Waals surface area contributed by atoms with E-state index in [0.29, 0.717) is 18.6 Å². The van der Waals surface area contributed by atoms with Crippen molar-refractivity contribution in [3.63, 3.8) is 0 Å². The van der Waals surface area contributed by atoms with E-state index >= 15 is 0 Å². The van der Waals surface area contributed by atoms with Crippen LogP contribution in [0.3, 0.4) is 0 Å². The number of fused-ring (bicyclic) bond motifs is 1. The zero-order valence-corrected chi connectivity index (χ0v) is 16.0. The normalized spacial score (nSPS) is 13.0. The molecule has 1 amide bonds. The molecule has 0 radical (unpaired) electrons. The van der Waals surface area contributed by atoms with Crippen molar-refractivity contribution in [2.75, 3.05) is 29.9 Å². The number of carbonyl (C=O) groups excluding carboxylic acids is 2. The largest absolute Gasteiger partial charge is 0.466 e. The lowest BCUT2D eigenvalue weighted by Gasteiger charge is -2.32. The van der Waals surface area contributed by atoms with Gasteiger partial charge in [-0.15, -0.1) is 0 Å². The van der Waals surface area contributed by atoms with E-state index in [4.69, 9.17) is 4.74 Å². The lowest BCUT2D eigenvalue weighted by molar-refractivity contribution is -0.143. The first kappa shape index (κ1) is 19.9. The van der Waals surface area contributed by atoms with Crippen LogP contribution in [-0.4, -0.2) is 31.6 Å². The number of amides is 1. The molecular weight excluding hydrogens is 359 g/mol. The number of halogens is 1. The Bertz CT molecular complexity index is 836. The summed E-state index contributed by atoms with van der Waals surface area (Å²) in [5.41, 5.74) is 3.38. The second-order valence-corrected chi connectivity index (χ2v) is 6.76. The van der Waals surface area contributed by atoms with Crippen LogP contribution in [0, 0.1) is 5.82 Å². The first-order valence-corrected chi connectivity index (χ1v) is 9.68. The van der Waals surface area contributed by atoms with Crippen molar-refractivity contribution in [3.05, 3.63) is 59.4 Å². The van der Waals surface area contributed by atoms with E-state index in [1.165, 1.54) is 24.3 Å². The van der Waals surface area contributed by atoms with E-state index in [0.717, 1.165) is 49.3 Å². The van der Waals surface area contributed by atoms with Gasteiger partial charge in [-0.25, -0.2) is 4.39 Å². The Morgan fingerprint density at radius 1 is 1.18 bits per heavy atom. The fourth-order valence-corrected chi connectivity index (χ4v) is 3.49. The highest BCUT2D eigenvalue weighted by molar-refractivity contribution is 6.05. The zero-order chi connectivity index (χ0) is 19.9. The highest BCUT2D eigenvalue weighted by atomic mass is 19.1. The van der Waals surface area contributed by atoms with Crippen molar-refractivity contribution in [3.8, 4) is 0 Å². The van der Waals surface area contributed by atoms with Crippen LogP contribution in [-0.2, 0) is 16.0 Å². The maximum atomic E-state index is 13.1. The van der Waals surface area contributed by atoms with Crippen LogP contribution in [0.4, 0.5) is 15.8 Å². The summed E-state index contributed by atoms with van der Waals surface area (Å²) in [4.78, 5) is 26.3. The standard InChI is InChI=1S/C22H25FN2O3/c1-2-28-21(26)9-5-15-25-14-4-6-18-19(7-3-8-20(18)25)24-22(27)16-10-12-17(23)13-11-16/h3,7-8,10-13H,2,4-6,9,14-15H2,1H3,(H,24,27). The number of rotatable bonds is 7. The number of nitrogens with zero attached hydrogens (tertiary/aromatic N) is 1. The van der Waals surface area contributed by atoms with Crippen molar-refractivity contribution >= 4 is 23.3 Å². The first-order valence-electron chi connectivity index (χ1n) is 9.68. The predicted molar refractivity (Wildman–Crippen MR) is 107 cm³/mol. The Labute approximate surface area is 164 Å². The third-order valence-electron chi connectivity index (χ3n) is 4.82. The van der Waals surface area contributed by atoms with E-state index in [1.54, 1.807) is 6.92 Å². The molecule has 0 bridgehead atoms. The van der Waals surface area contributed by atoms with E-state index in [2.05, 4.69) is 10.2 Å². The number of hydrogen-bond acceptors (Lipinski definition) is 4. The van der Waals surface area contributed by atoms with E-state index in [-0.39, 0.29) is 17.7 Å². The third kappa shape index (κ3) is 4.88. The van der Waals surface area contributed by atoms with Gasteiger partial charge in [0.2, 0.25) is 0 Å². The van der Waals surface area contributed by atoms with Crippen LogP contribution in [0.25, 0.3) is 0 Å². The molecule has 0 aliphatic carbocycles. The van der Waals surface area contributed by atoms with E-state index in [9.17, 15) is 14.0 Å². The molecule has 0 spiro atoms. The van der Waals surface area contributed by atoms with Gasteiger partial charge in [-0.05, 0) is 68.1 Å². The van der Waals surface area contributed by atoms with Crippen LogP contribution in [0.15, 0.2) is 42.5 Å². The Morgan fingerprint density at radius 2 is 1.96 bits per heavy atom. The van der Waals surface area contributed by atoms with Gasteiger partial charge in [-0.1, -0.05) is 6.07 Å². The number of nitrogens with one attached hydrogen (secondary N) is 1. The predicted octanol–water partition coefficient (Wildman–Crippen LogP) is 4.17. The molecule has 5 nitrogen and oxygen atoms in total. The Kier molecular flexibility index (Phi) is 6.63. The molecule has 2 aromatic carbocycles. The smallest absolute Gasteiger partial charge is 0.305 e. The van der Waals surface area contributed by atoms with Crippen LogP contribution < -0.4 is 10.2 Å². The number of anilines is 2. The average Bonchev–Trinajstić information content (AvgIpc) is 2.69. The first-order chi connectivity index (χ1) is 13.6. The molecule has 6 heteroatoms. The summed E-state index contributed by atoms with van der Waals surface area (Å²) in [6.07, 6.45) is 2.99. The monoisotopic (exact) mass is 384 g/mol. The molecule has 0 fully saturated rings. The number of hydrogen-bond donors (Lipinski definition) is 1. The van der Waals surface area contributed by atoms with Gasteiger partial charge in [0.25, 0.3) is 5.91 Å². The summed E-state index contributed by atoms with van der Waals surface area (Å²) in [7, 11) is 0. The Morgan fingerprint density at radius 3 is 2.71 bits per heavy atom. The van der Waals surface area contributed by atoms with Gasteiger partial charge in [-0.3, -0.25) is 9.59 Å². The summed E-state index contributed by atoms with van der Waals surface area (Å²) in [6.45, 7) is 3.90. The van der Waals surface area contributed by atoms with Gasteiger partial charge in [0.1, 0.15) is 5.82 Å². The van der Waals surface area contributed by atoms with Crippen LogP contribution in [0.2, 0.25) is 0 Å². The number of benzene rings is 2. The fraction of sp³-hybridized carbons (Fsp3) is 0.364. The summed E-state index contributed by atoms with van der Waals surface area (Å²) < 4.78 is 18.1.